The summed E-state index contributed by atoms with van der Waals surface area (Å²) in [7, 11) is 0. The Hall–Kier alpha value is -2.14. The van der Waals surface area contributed by atoms with Crippen molar-refractivity contribution in [2.75, 3.05) is 6.61 Å². The molecule has 0 aromatic heterocycles. The van der Waals surface area contributed by atoms with Crippen LogP contribution in [0.2, 0.25) is 0 Å². The molecule has 5 heteroatoms. The summed E-state index contributed by atoms with van der Waals surface area (Å²) in [6.45, 7) is 4.83. The van der Waals surface area contributed by atoms with E-state index in [1.54, 1.807) is 12.1 Å². The zero-order valence-electron chi connectivity index (χ0n) is 18.1. The Bertz CT molecular complexity index is 786. The predicted molar refractivity (Wildman–Crippen MR) is 128 cm³/mol. The number of rotatable bonds is 13. The van der Waals surface area contributed by atoms with Crippen molar-refractivity contribution in [1.82, 2.24) is 5.43 Å². The molecule has 0 fully saturated rings. The average molecular weight is 473 g/mol. The molecule has 0 unspecified atom stereocenters. The molecule has 0 bridgehead atoms. The standard InChI is InChI=1S/C25H33BrN2O2/c1-3-4-5-6-7-8-9-10-19-30-24-17-13-22(14-18-24)25(29)28-27-20(2)21-11-15-23(26)16-12-21/h11-18H,3-10,19H2,1-2H3,(H,28,29)/b27-20-. The topological polar surface area (TPSA) is 50.7 Å². The highest BCUT2D eigenvalue weighted by molar-refractivity contribution is 9.10. The van der Waals surface area contributed by atoms with E-state index in [1.807, 2.05) is 43.3 Å². The van der Waals surface area contributed by atoms with Crippen LogP contribution in [0, 0.1) is 0 Å². The Kier molecular flexibility index (Phi) is 11.2. The summed E-state index contributed by atoms with van der Waals surface area (Å²) in [6, 6.07) is 15.0. The zero-order valence-corrected chi connectivity index (χ0v) is 19.7. The van der Waals surface area contributed by atoms with Crippen molar-refractivity contribution < 1.29 is 9.53 Å². The molecule has 0 atom stereocenters. The molecule has 0 heterocycles. The number of hydrogen-bond donors (Lipinski definition) is 1. The van der Waals surface area contributed by atoms with Crippen LogP contribution >= 0.6 is 15.9 Å². The number of carbonyl (C=O) groups excluding carboxylic acids is 1. The van der Waals surface area contributed by atoms with Crippen molar-refractivity contribution >= 4 is 27.5 Å². The third kappa shape index (κ3) is 9.12. The van der Waals surface area contributed by atoms with Gasteiger partial charge in [0.25, 0.3) is 5.91 Å². The maximum atomic E-state index is 12.3. The molecule has 2 rings (SSSR count). The lowest BCUT2D eigenvalue weighted by Gasteiger charge is -2.07. The van der Waals surface area contributed by atoms with Gasteiger partial charge < -0.3 is 4.74 Å². The maximum Gasteiger partial charge on any atom is 0.271 e. The number of unbranched alkanes of at least 4 members (excludes halogenated alkanes) is 7. The second-order valence-corrected chi connectivity index (χ2v) is 8.41. The van der Waals surface area contributed by atoms with Crippen molar-refractivity contribution in [3.05, 3.63) is 64.1 Å². The van der Waals surface area contributed by atoms with Gasteiger partial charge in [-0.25, -0.2) is 5.43 Å². The molecule has 0 saturated heterocycles. The van der Waals surface area contributed by atoms with E-state index >= 15 is 0 Å². The average Bonchev–Trinajstić information content (AvgIpc) is 2.77. The van der Waals surface area contributed by atoms with Gasteiger partial charge in [0, 0.05) is 10.0 Å². The molecule has 30 heavy (non-hydrogen) atoms. The lowest BCUT2D eigenvalue weighted by Crippen LogP contribution is -2.19. The minimum absolute atomic E-state index is 0.235. The quantitative estimate of drug-likeness (QED) is 0.191. The Morgan fingerprint density at radius 1 is 0.867 bits per heavy atom. The minimum Gasteiger partial charge on any atom is -0.494 e. The van der Waals surface area contributed by atoms with Crippen molar-refractivity contribution in [3.8, 4) is 5.75 Å². The Morgan fingerprint density at radius 3 is 2.07 bits per heavy atom. The highest BCUT2D eigenvalue weighted by atomic mass is 79.9. The van der Waals surface area contributed by atoms with E-state index in [0.717, 1.165) is 34.5 Å². The maximum absolute atomic E-state index is 12.3. The first-order valence-corrected chi connectivity index (χ1v) is 11.7. The fourth-order valence-electron chi connectivity index (χ4n) is 3.08. The highest BCUT2D eigenvalue weighted by Crippen LogP contribution is 2.14. The summed E-state index contributed by atoms with van der Waals surface area (Å²) < 4.78 is 6.80. The lowest BCUT2D eigenvalue weighted by atomic mass is 10.1. The van der Waals surface area contributed by atoms with Crippen molar-refractivity contribution in [1.29, 1.82) is 0 Å². The largest absolute Gasteiger partial charge is 0.494 e. The number of ether oxygens (including phenoxy) is 1. The number of benzene rings is 2. The Balaban J connectivity index is 1.68. The minimum atomic E-state index is -0.235. The fourth-order valence-corrected chi connectivity index (χ4v) is 3.35. The molecule has 2 aromatic rings. The fraction of sp³-hybridized carbons (Fsp3) is 0.440. The summed E-state index contributed by atoms with van der Waals surface area (Å²) in [5, 5.41) is 4.19. The lowest BCUT2D eigenvalue weighted by molar-refractivity contribution is 0.0955. The van der Waals surface area contributed by atoms with Gasteiger partial charge in [0.2, 0.25) is 0 Å². The molecule has 0 aliphatic heterocycles. The Morgan fingerprint density at radius 2 is 1.43 bits per heavy atom. The molecule has 0 spiro atoms. The molecule has 0 radical (unpaired) electrons. The predicted octanol–water partition coefficient (Wildman–Crippen LogP) is 7.12. The van der Waals surface area contributed by atoms with Crippen LogP contribution in [0.1, 0.15) is 81.1 Å². The summed E-state index contributed by atoms with van der Waals surface area (Å²) in [5.74, 6) is 0.560. The van der Waals surface area contributed by atoms with Crippen LogP contribution in [0.15, 0.2) is 58.1 Å². The van der Waals surface area contributed by atoms with Gasteiger partial charge in [-0.05, 0) is 55.3 Å². The van der Waals surface area contributed by atoms with E-state index in [4.69, 9.17) is 4.74 Å². The number of amides is 1. The first kappa shape index (κ1) is 24.1. The van der Waals surface area contributed by atoms with Gasteiger partial charge in [-0.1, -0.05) is 79.9 Å². The SMILES string of the molecule is CCCCCCCCCCOc1ccc(C(=O)N/N=C(/C)c2ccc(Br)cc2)cc1. The van der Waals surface area contributed by atoms with Crippen LogP contribution in [-0.2, 0) is 0 Å². The summed E-state index contributed by atoms with van der Waals surface area (Å²) in [6.07, 6.45) is 10.3. The van der Waals surface area contributed by atoms with Crippen LogP contribution < -0.4 is 10.2 Å². The van der Waals surface area contributed by atoms with Gasteiger partial charge in [0.05, 0.1) is 12.3 Å². The van der Waals surface area contributed by atoms with Crippen LogP contribution in [0.25, 0.3) is 0 Å². The van der Waals surface area contributed by atoms with Gasteiger partial charge >= 0.3 is 0 Å². The summed E-state index contributed by atoms with van der Waals surface area (Å²) in [5.41, 5.74) is 4.88. The van der Waals surface area contributed by atoms with Crippen molar-refractivity contribution in [2.24, 2.45) is 5.10 Å². The number of hydrazone groups is 1. The summed E-state index contributed by atoms with van der Waals surface area (Å²) in [4.78, 5) is 12.3. The van der Waals surface area contributed by atoms with Crippen LogP contribution in [0.3, 0.4) is 0 Å². The van der Waals surface area contributed by atoms with E-state index in [2.05, 4.69) is 33.4 Å². The number of nitrogens with one attached hydrogen (secondary N) is 1. The van der Waals surface area contributed by atoms with E-state index < -0.39 is 0 Å². The van der Waals surface area contributed by atoms with Crippen LogP contribution in [0.5, 0.6) is 5.75 Å². The monoisotopic (exact) mass is 472 g/mol. The number of carbonyl (C=O) groups is 1. The van der Waals surface area contributed by atoms with E-state index in [1.165, 1.54) is 44.9 Å². The second-order valence-electron chi connectivity index (χ2n) is 7.49. The molecule has 1 amide bonds. The molecular weight excluding hydrogens is 440 g/mol. The van der Waals surface area contributed by atoms with Gasteiger partial charge in [0.1, 0.15) is 5.75 Å². The number of halogens is 1. The van der Waals surface area contributed by atoms with Gasteiger partial charge in [-0.2, -0.15) is 5.10 Å². The van der Waals surface area contributed by atoms with Crippen LogP contribution in [0.4, 0.5) is 0 Å². The van der Waals surface area contributed by atoms with Gasteiger partial charge in [0.15, 0.2) is 0 Å². The molecule has 162 valence electrons. The molecule has 0 saturated carbocycles. The molecule has 4 nitrogen and oxygen atoms in total. The number of hydrogen-bond acceptors (Lipinski definition) is 3. The first-order chi connectivity index (χ1) is 14.6. The molecule has 1 N–H and O–H groups in total. The smallest absolute Gasteiger partial charge is 0.271 e. The van der Waals surface area contributed by atoms with Gasteiger partial charge in [-0.3, -0.25) is 4.79 Å². The van der Waals surface area contributed by atoms with Crippen molar-refractivity contribution in [3.63, 3.8) is 0 Å². The van der Waals surface area contributed by atoms with E-state index in [-0.39, 0.29) is 5.91 Å². The number of nitrogens with zero attached hydrogens (tertiary/aromatic N) is 1. The van der Waals surface area contributed by atoms with E-state index in [0.29, 0.717) is 5.56 Å². The summed E-state index contributed by atoms with van der Waals surface area (Å²) >= 11 is 3.41. The van der Waals surface area contributed by atoms with Crippen molar-refractivity contribution in [2.45, 2.75) is 65.2 Å². The molecular formula is C25H33BrN2O2. The molecule has 0 aliphatic carbocycles. The second kappa shape index (κ2) is 14.0. The zero-order chi connectivity index (χ0) is 21.6. The molecule has 0 aliphatic rings. The third-order valence-corrected chi connectivity index (χ3v) is 5.50. The first-order valence-electron chi connectivity index (χ1n) is 10.9. The third-order valence-electron chi connectivity index (χ3n) is 4.97. The van der Waals surface area contributed by atoms with Gasteiger partial charge in [-0.15, -0.1) is 0 Å². The van der Waals surface area contributed by atoms with E-state index in [9.17, 15) is 4.79 Å². The molecule has 2 aromatic carbocycles. The highest BCUT2D eigenvalue weighted by Gasteiger charge is 2.06. The normalized spacial score (nSPS) is 11.4. The van der Waals surface area contributed by atoms with Crippen LogP contribution in [-0.4, -0.2) is 18.2 Å². The Labute approximate surface area is 189 Å².